The van der Waals surface area contributed by atoms with E-state index in [9.17, 15) is 9.59 Å². The molecule has 0 aliphatic heterocycles. The van der Waals surface area contributed by atoms with Crippen LogP contribution in [0.5, 0.6) is 0 Å². The van der Waals surface area contributed by atoms with Crippen molar-refractivity contribution >= 4 is 34.8 Å². The highest BCUT2D eigenvalue weighted by Gasteiger charge is 2.14. The number of nitrogens with zero attached hydrogens (tertiary/aromatic N) is 1. The average Bonchev–Trinajstić information content (AvgIpc) is 2.58. The van der Waals surface area contributed by atoms with E-state index < -0.39 is 0 Å². The Labute approximate surface area is 159 Å². The number of anilines is 2. The van der Waals surface area contributed by atoms with Crippen LogP contribution in [0.15, 0.2) is 42.5 Å². The molecule has 2 N–H and O–H groups in total. The first-order valence-electron chi connectivity index (χ1n) is 8.52. The van der Waals surface area contributed by atoms with Gasteiger partial charge in [0.2, 0.25) is 11.8 Å². The van der Waals surface area contributed by atoms with Gasteiger partial charge in [-0.2, -0.15) is 0 Å². The number of para-hydroxylation sites is 2. The fraction of sp³-hybridized carbons (Fsp3) is 0.300. The summed E-state index contributed by atoms with van der Waals surface area (Å²) in [5.41, 5.74) is 3.53. The molecular formula is C20H24ClN3O2. The summed E-state index contributed by atoms with van der Waals surface area (Å²) in [6, 6.07) is 13.0. The van der Waals surface area contributed by atoms with Crippen molar-refractivity contribution in [1.29, 1.82) is 0 Å². The van der Waals surface area contributed by atoms with Gasteiger partial charge >= 0.3 is 0 Å². The molecule has 0 heterocycles. The lowest BCUT2D eigenvalue weighted by atomic mass is 10.1. The predicted molar refractivity (Wildman–Crippen MR) is 107 cm³/mol. The van der Waals surface area contributed by atoms with Crippen molar-refractivity contribution in [2.75, 3.05) is 30.8 Å². The van der Waals surface area contributed by atoms with Crippen molar-refractivity contribution in [2.45, 2.75) is 20.3 Å². The van der Waals surface area contributed by atoms with E-state index in [2.05, 4.69) is 17.6 Å². The highest BCUT2D eigenvalue weighted by molar-refractivity contribution is 6.33. The van der Waals surface area contributed by atoms with Crippen LogP contribution in [-0.2, 0) is 16.0 Å². The molecule has 0 spiro atoms. The van der Waals surface area contributed by atoms with E-state index in [1.807, 2.05) is 25.1 Å². The number of benzene rings is 2. The van der Waals surface area contributed by atoms with Crippen LogP contribution in [0.3, 0.4) is 0 Å². The third-order valence-electron chi connectivity index (χ3n) is 3.98. The summed E-state index contributed by atoms with van der Waals surface area (Å²) in [4.78, 5) is 26.1. The smallest absolute Gasteiger partial charge is 0.238 e. The third-order valence-corrected chi connectivity index (χ3v) is 4.31. The zero-order chi connectivity index (χ0) is 19.1. The van der Waals surface area contributed by atoms with Crippen molar-refractivity contribution in [3.8, 4) is 0 Å². The Hall–Kier alpha value is -2.37. The maximum absolute atomic E-state index is 12.3. The zero-order valence-corrected chi connectivity index (χ0v) is 16.1. The summed E-state index contributed by atoms with van der Waals surface area (Å²) in [6.07, 6.45) is 0.841. The van der Waals surface area contributed by atoms with Gasteiger partial charge in [0, 0.05) is 5.69 Å². The molecule has 2 aromatic carbocycles. The average molecular weight is 374 g/mol. The van der Waals surface area contributed by atoms with E-state index in [4.69, 9.17) is 11.6 Å². The molecule has 0 bridgehead atoms. The predicted octanol–water partition coefficient (Wildman–Crippen LogP) is 3.72. The summed E-state index contributed by atoms with van der Waals surface area (Å²) >= 11 is 6.03. The molecule has 0 saturated heterocycles. The van der Waals surface area contributed by atoms with Gasteiger partial charge in [0.05, 0.1) is 23.8 Å². The van der Waals surface area contributed by atoms with Gasteiger partial charge in [-0.3, -0.25) is 14.5 Å². The standard InChI is InChI=1S/C20H24ClN3O2/c1-4-15-9-7-8-14(2)20(15)23-19(26)13-24(3)12-18(25)22-17-11-6-5-10-16(17)21/h5-11H,4,12-13H2,1-3H3,(H,22,25)(H,23,26). The Balaban J connectivity index is 1.89. The van der Waals surface area contributed by atoms with Gasteiger partial charge in [0.25, 0.3) is 0 Å². The number of amides is 2. The van der Waals surface area contributed by atoms with Gasteiger partial charge in [-0.25, -0.2) is 0 Å². The number of aryl methyl sites for hydroxylation is 2. The van der Waals surface area contributed by atoms with Crippen LogP contribution < -0.4 is 10.6 Å². The third kappa shape index (κ3) is 5.58. The second-order valence-electron chi connectivity index (χ2n) is 6.21. The van der Waals surface area contributed by atoms with Crippen LogP contribution >= 0.6 is 11.6 Å². The molecule has 5 nitrogen and oxygen atoms in total. The molecule has 0 saturated carbocycles. The molecule has 2 rings (SSSR count). The van der Waals surface area contributed by atoms with Crippen LogP contribution in [-0.4, -0.2) is 36.9 Å². The minimum Gasteiger partial charge on any atom is -0.324 e. The van der Waals surface area contributed by atoms with E-state index >= 15 is 0 Å². The largest absolute Gasteiger partial charge is 0.324 e. The summed E-state index contributed by atoms with van der Waals surface area (Å²) in [5.74, 6) is -0.374. The normalized spacial score (nSPS) is 10.7. The number of nitrogens with one attached hydrogen (secondary N) is 2. The van der Waals surface area contributed by atoms with Gasteiger partial charge in [0.1, 0.15) is 0 Å². The minimum atomic E-state index is -0.224. The van der Waals surface area contributed by atoms with Crippen LogP contribution in [0.2, 0.25) is 5.02 Å². The Morgan fingerprint density at radius 1 is 1.00 bits per heavy atom. The molecule has 0 atom stereocenters. The fourth-order valence-electron chi connectivity index (χ4n) is 2.68. The molecule has 138 valence electrons. The van der Waals surface area contributed by atoms with Gasteiger partial charge < -0.3 is 10.6 Å². The number of rotatable bonds is 7. The maximum atomic E-state index is 12.3. The number of hydrogen-bond donors (Lipinski definition) is 2. The highest BCUT2D eigenvalue weighted by atomic mass is 35.5. The lowest BCUT2D eigenvalue weighted by Gasteiger charge is -2.18. The second kappa shape index (κ2) is 9.36. The van der Waals surface area contributed by atoms with Crippen LogP contribution in [0, 0.1) is 6.92 Å². The topological polar surface area (TPSA) is 61.4 Å². The molecule has 0 aromatic heterocycles. The van der Waals surface area contributed by atoms with E-state index in [1.165, 1.54) is 0 Å². The van der Waals surface area contributed by atoms with Crippen molar-refractivity contribution in [1.82, 2.24) is 4.90 Å². The Morgan fingerprint density at radius 2 is 1.65 bits per heavy atom. The van der Waals surface area contributed by atoms with Gasteiger partial charge in [0.15, 0.2) is 0 Å². The summed E-state index contributed by atoms with van der Waals surface area (Å²) in [5, 5.41) is 6.19. The van der Waals surface area contributed by atoms with Crippen molar-refractivity contribution in [3.05, 3.63) is 58.6 Å². The van der Waals surface area contributed by atoms with Crippen LogP contribution in [0.4, 0.5) is 11.4 Å². The molecule has 6 heteroatoms. The quantitative estimate of drug-likeness (QED) is 0.777. The first-order valence-corrected chi connectivity index (χ1v) is 8.89. The van der Waals surface area contributed by atoms with Gasteiger partial charge in [-0.1, -0.05) is 48.9 Å². The van der Waals surface area contributed by atoms with Crippen LogP contribution in [0.25, 0.3) is 0 Å². The summed E-state index contributed by atoms with van der Waals surface area (Å²) < 4.78 is 0. The van der Waals surface area contributed by atoms with E-state index in [-0.39, 0.29) is 24.9 Å². The molecule has 0 unspecified atom stereocenters. The van der Waals surface area contributed by atoms with Gasteiger partial charge in [-0.05, 0) is 43.7 Å². The molecule has 2 amide bonds. The Kier molecular flexibility index (Phi) is 7.18. The molecule has 0 aliphatic rings. The lowest BCUT2D eigenvalue weighted by molar-refractivity contribution is -0.119. The van der Waals surface area contributed by atoms with Crippen molar-refractivity contribution in [2.24, 2.45) is 0 Å². The summed E-state index contributed by atoms with van der Waals surface area (Å²) in [6.45, 7) is 4.23. The highest BCUT2D eigenvalue weighted by Crippen LogP contribution is 2.21. The number of carbonyl (C=O) groups is 2. The molecular weight excluding hydrogens is 350 g/mol. The number of hydrogen-bond acceptors (Lipinski definition) is 3. The summed E-state index contributed by atoms with van der Waals surface area (Å²) in [7, 11) is 1.73. The Bertz CT molecular complexity index is 792. The molecule has 26 heavy (non-hydrogen) atoms. The molecule has 0 radical (unpaired) electrons. The van der Waals surface area contributed by atoms with E-state index in [1.54, 1.807) is 36.2 Å². The molecule has 2 aromatic rings. The SMILES string of the molecule is CCc1cccc(C)c1NC(=O)CN(C)CC(=O)Nc1ccccc1Cl. The zero-order valence-electron chi connectivity index (χ0n) is 15.3. The van der Waals surface area contributed by atoms with Gasteiger partial charge in [-0.15, -0.1) is 0 Å². The minimum absolute atomic E-state index is 0.0903. The first-order chi connectivity index (χ1) is 12.4. The Morgan fingerprint density at radius 3 is 2.31 bits per heavy atom. The monoisotopic (exact) mass is 373 g/mol. The van der Waals surface area contributed by atoms with Crippen LogP contribution in [0.1, 0.15) is 18.1 Å². The number of halogens is 1. The van der Waals surface area contributed by atoms with E-state index in [0.717, 1.165) is 23.2 Å². The fourth-order valence-corrected chi connectivity index (χ4v) is 2.86. The number of likely N-dealkylation sites (N-methyl/N-ethyl adjacent to an activating group) is 1. The first kappa shape index (κ1) is 19.9. The lowest BCUT2D eigenvalue weighted by Crippen LogP contribution is -2.36. The molecule has 0 fully saturated rings. The number of carbonyl (C=O) groups excluding carboxylic acids is 2. The molecule has 0 aliphatic carbocycles. The van der Waals surface area contributed by atoms with Crippen molar-refractivity contribution in [3.63, 3.8) is 0 Å². The van der Waals surface area contributed by atoms with Crippen molar-refractivity contribution < 1.29 is 9.59 Å². The maximum Gasteiger partial charge on any atom is 0.238 e. The second-order valence-corrected chi connectivity index (χ2v) is 6.62. The van der Waals surface area contributed by atoms with E-state index in [0.29, 0.717) is 10.7 Å².